The molecule has 1 atom stereocenters. The standard InChI is InChI=1S/C18H20O2/c19-18(14-6-4-5-7-14)15-10-12-17(13-11-15)20-16-8-2-1-3-9-16/h1-3,8-14,18-19H,4-7H2. The van der Waals surface area contributed by atoms with E-state index in [9.17, 15) is 5.11 Å². The Labute approximate surface area is 120 Å². The minimum absolute atomic E-state index is 0.330. The lowest BCUT2D eigenvalue weighted by atomic mass is 9.94. The fourth-order valence-electron chi connectivity index (χ4n) is 2.90. The van der Waals surface area contributed by atoms with E-state index in [0.29, 0.717) is 5.92 Å². The topological polar surface area (TPSA) is 29.5 Å². The molecule has 0 bridgehead atoms. The summed E-state index contributed by atoms with van der Waals surface area (Å²) >= 11 is 0. The number of hydrogen-bond donors (Lipinski definition) is 1. The van der Waals surface area contributed by atoms with Gasteiger partial charge in [0.1, 0.15) is 11.5 Å². The third kappa shape index (κ3) is 3.02. The average molecular weight is 268 g/mol. The zero-order valence-corrected chi connectivity index (χ0v) is 11.5. The predicted octanol–water partition coefficient (Wildman–Crippen LogP) is 4.70. The molecule has 0 radical (unpaired) electrons. The van der Waals surface area contributed by atoms with Gasteiger partial charge in [-0.15, -0.1) is 0 Å². The second-order valence-corrected chi connectivity index (χ2v) is 5.47. The van der Waals surface area contributed by atoms with Crippen LogP contribution in [0.2, 0.25) is 0 Å². The summed E-state index contributed by atoms with van der Waals surface area (Å²) in [4.78, 5) is 0. The van der Waals surface area contributed by atoms with E-state index in [-0.39, 0.29) is 6.10 Å². The zero-order chi connectivity index (χ0) is 13.8. The molecule has 1 aliphatic carbocycles. The number of rotatable bonds is 4. The van der Waals surface area contributed by atoms with Gasteiger partial charge in [-0.3, -0.25) is 0 Å². The average Bonchev–Trinajstić information content (AvgIpc) is 3.03. The van der Waals surface area contributed by atoms with Crippen LogP contribution in [0.3, 0.4) is 0 Å². The van der Waals surface area contributed by atoms with Crippen molar-refractivity contribution < 1.29 is 9.84 Å². The van der Waals surface area contributed by atoms with E-state index in [1.54, 1.807) is 0 Å². The Morgan fingerprint density at radius 2 is 1.45 bits per heavy atom. The Balaban J connectivity index is 1.68. The molecule has 2 aromatic rings. The molecule has 1 unspecified atom stereocenters. The minimum atomic E-state index is -0.330. The maximum atomic E-state index is 10.4. The summed E-state index contributed by atoms with van der Waals surface area (Å²) in [6.45, 7) is 0. The van der Waals surface area contributed by atoms with Gasteiger partial charge in [0.15, 0.2) is 0 Å². The molecule has 20 heavy (non-hydrogen) atoms. The van der Waals surface area contributed by atoms with Gasteiger partial charge in [-0.1, -0.05) is 43.2 Å². The van der Waals surface area contributed by atoms with Crippen LogP contribution in [0.5, 0.6) is 11.5 Å². The summed E-state index contributed by atoms with van der Waals surface area (Å²) < 4.78 is 5.76. The van der Waals surface area contributed by atoms with Crippen molar-refractivity contribution in [1.29, 1.82) is 0 Å². The Hall–Kier alpha value is -1.80. The van der Waals surface area contributed by atoms with Crippen LogP contribution in [0.15, 0.2) is 54.6 Å². The Bertz CT molecular complexity index is 527. The Morgan fingerprint density at radius 3 is 2.10 bits per heavy atom. The van der Waals surface area contributed by atoms with Crippen LogP contribution in [0, 0.1) is 5.92 Å². The van der Waals surface area contributed by atoms with Crippen LogP contribution in [0.25, 0.3) is 0 Å². The maximum absolute atomic E-state index is 10.4. The van der Waals surface area contributed by atoms with E-state index in [2.05, 4.69) is 0 Å². The van der Waals surface area contributed by atoms with Crippen molar-refractivity contribution in [3.63, 3.8) is 0 Å². The summed E-state index contributed by atoms with van der Waals surface area (Å²) in [6, 6.07) is 17.5. The van der Waals surface area contributed by atoms with Crippen LogP contribution < -0.4 is 4.74 Å². The smallest absolute Gasteiger partial charge is 0.127 e. The first kappa shape index (κ1) is 13.2. The molecule has 2 aromatic carbocycles. The molecule has 1 fully saturated rings. The molecule has 1 aliphatic rings. The fourth-order valence-corrected chi connectivity index (χ4v) is 2.90. The molecule has 0 spiro atoms. The SMILES string of the molecule is OC(c1ccc(Oc2ccccc2)cc1)C1CCCC1. The lowest BCUT2D eigenvalue weighted by Gasteiger charge is -2.18. The first-order valence-electron chi connectivity index (χ1n) is 7.34. The molecule has 0 aliphatic heterocycles. The van der Waals surface area contributed by atoms with Gasteiger partial charge in [0.2, 0.25) is 0 Å². The maximum Gasteiger partial charge on any atom is 0.127 e. The summed E-state index contributed by atoms with van der Waals surface area (Å²) in [5.41, 5.74) is 0.998. The summed E-state index contributed by atoms with van der Waals surface area (Å²) in [7, 11) is 0. The van der Waals surface area contributed by atoms with Crippen LogP contribution in [-0.2, 0) is 0 Å². The van der Waals surface area contributed by atoms with Gasteiger partial charge in [-0.2, -0.15) is 0 Å². The first-order chi connectivity index (χ1) is 9.83. The van der Waals surface area contributed by atoms with Crippen molar-refractivity contribution in [3.8, 4) is 11.5 Å². The number of ether oxygens (including phenoxy) is 1. The molecular weight excluding hydrogens is 248 g/mol. The van der Waals surface area contributed by atoms with Crippen molar-refractivity contribution in [2.75, 3.05) is 0 Å². The lowest BCUT2D eigenvalue weighted by molar-refractivity contribution is 0.111. The van der Waals surface area contributed by atoms with Crippen LogP contribution in [-0.4, -0.2) is 5.11 Å². The van der Waals surface area contributed by atoms with E-state index in [4.69, 9.17) is 4.74 Å². The second-order valence-electron chi connectivity index (χ2n) is 5.47. The largest absolute Gasteiger partial charge is 0.457 e. The molecule has 0 aromatic heterocycles. The van der Waals surface area contributed by atoms with Crippen molar-refractivity contribution in [1.82, 2.24) is 0 Å². The number of aliphatic hydroxyl groups excluding tert-OH is 1. The van der Waals surface area contributed by atoms with Gasteiger partial charge in [-0.25, -0.2) is 0 Å². The highest BCUT2D eigenvalue weighted by atomic mass is 16.5. The highest BCUT2D eigenvalue weighted by Crippen LogP contribution is 2.36. The highest BCUT2D eigenvalue weighted by Gasteiger charge is 2.24. The predicted molar refractivity (Wildman–Crippen MR) is 79.9 cm³/mol. The summed E-state index contributed by atoms with van der Waals surface area (Å²) in [5.74, 6) is 2.06. The van der Waals surface area contributed by atoms with E-state index < -0.39 is 0 Å². The molecule has 0 heterocycles. The van der Waals surface area contributed by atoms with Crippen LogP contribution in [0.1, 0.15) is 37.4 Å². The molecule has 1 saturated carbocycles. The van der Waals surface area contributed by atoms with Gasteiger partial charge >= 0.3 is 0 Å². The van der Waals surface area contributed by atoms with E-state index in [1.807, 2.05) is 54.6 Å². The second kappa shape index (κ2) is 6.10. The molecule has 2 heteroatoms. The Morgan fingerprint density at radius 1 is 0.850 bits per heavy atom. The molecular formula is C18H20O2. The molecule has 0 saturated heterocycles. The third-order valence-corrected chi connectivity index (χ3v) is 4.05. The number of aliphatic hydroxyl groups is 1. The monoisotopic (exact) mass is 268 g/mol. The van der Waals surface area contributed by atoms with Crippen molar-refractivity contribution >= 4 is 0 Å². The van der Waals surface area contributed by atoms with Gasteiger partial charge < -0.3 is 9.84 Å². The van der Waals surface area contributed by atoms with Crippen LogP contribution in [0.4, 0.5) is 0 Å². The third-order valence-electron chi connectivity index (χ3n) is 4.05. The fraction of sp³-hybridized carbons (Fsp3) is 0.333. The quantitative estimate of drug-likeness (QED) is 0.870. The summed E-state index contributed by atoms with van der Waals surface area (Å²) in [6.07, 6.45) is 4.45. The van der Waals surface area contributed by atoms with Gasteiger partial charge in [0, 0.05) is 0 Å². The van der Waals surface area contributed by atoms with E-state index in [0.717, 1.165) is 29.9 Å². The number of benzene rings is 2. The Kier molecular flexibility index (Phi) is 4.03. The van der Waals surface area contributed by atoms with Gasteiger partial charge in [0.25, 0.3) is 0 Å². The molecule has 0 amide bonds. The zero-order valence-electron chi connectivity index (χ0n) is 11.5. The van der Waals surface area contributed by atoms with Crippen molar-refractivity contribution in [2.45, 2.75) is 31.8 Å². The summed E-state index contributed by atoms with van der Waals surface area (Å²) in [5, 5.41) is 10.4. The first-order valence-corrected chi connectivity index (χ1v) is 7.34. The normalized spacial score (nSPS) is 17.1. The highest BCUT2D eigenvalue weighted by molar-refractivity contribution is 5.33. The van der Waals surface area contributed by atoms with Crippen LogP contribution >= 0.6 is 0 Å². The van der Waals surface area contributed by atoms with Crippen molar-refractivity contribution in [2.24, 2.45) is 5.92 Å². The van der Waals surface area contributed by atoms with Gasteiger partial charge in [0.05, 0.1) is 6.10 Å². The molecule has 2 nitrogen and oxygen atoms in total. The number of hydrogen-bond acceptors (Lipinski definition) is 2. The minimum Gasteiger partial charge on any atom is -0.457 e. The molecule has 3 rings (SSSR count). The lowest BCUT2D eigenvalue weighted by Crippen LogP contribution is -2.08. The number of para-hydroxylation sites is 1. The molecule has 1 N–H and O–H groups in total. The molecule has 104 valence electrons. The van der Waals surface area contributed by atoms with Crippen molar-refractivity contribution in [3.05, 3.63) is 60.2 Å². The van der Waals surface area contributed by atoms with Gasteiger partial charge in [-0.05, 0) is 48.6 Å². The van der Waals surface area contributed by atoms with E-state index in [1.165, 1.54) is 12.8 Å². The van der Waals surface area contributed by atoms with E-state index >= 15 is 0 Å².